The molecule has 2 N–H and O–H groups in total. The van der Waals surface area contributed by atoms with Crippen LogP contribution in [0.3, 0.4) is 0 Å². The maximum atomic E-state index is 9.57. The fourth-order valence-electron chi connectivity index (χ4n) is 1.34. The summed E-state index contributed by atoms with van der Waals surface area (Å²) in [6, 6.07) is 0. The van der Waals surface area contributed by atoms with Gasteiger partial charge in [0.25, 0.3) is 0 Å². The van der Waals surface area contributed by atoms with Crippen LogP contribution in [0.4, 0.5) is 5.82 Å². The predicted octanol–water partition coefficient (Wildman–Crippen LogP) is 2.32. The van der Waals surface area contributed by atoms with Crippen LogP contribution in [-0.4, -0.2) is 27.7 Å². The average Bonchev–Trinajstić information content (AvgIpc) is 2.22. The van der Waals surface area contributed by atoms with Crippen molar-refractivity contribution in [3.05, 3.63) is 16.5 Å². The Morgan fingerprint density at radius 3 is 2.56 bits per heavy atom. The number of aliphatic hydroxyl groups excluding tert-OH is 1. The topological polar surface area (TPSA) is 58.0 Å². The maximum absolute atomic E-state index is 9.57. The van der Waals surface area contributed by atoms with Gasteiger partial charge in [0.1, 0.15) is 0 Å². The van der Waals surface area contributed by atoms with E-state index in [9.17, 15) is 5.11 Å². The first kappa shape index (κ1) is 13.2. The van der Waals surface area contributed by atoms with Gasteiger partial charge >= 0.3 is 0 Å². The van der Waals surface area contributed by atoms with Crippen molar-refractivity contribution in [1.82, 2.24) is 9.97 Å². The van der Waals surface area contributed by atoms with E-state index in [0.717, 1.165) is 24.2 Å². The Labute approximate surface area is 101 Å². The molecule has 5 heteroatoms. The zero-order valence-corrected chi connectivity index (χ0v) is 10.7. The molecule has 4 nitrogen and oxygen atoms in total. The SMILES string of the molecule is CCCC(O)CNc1nc(C)c(C)nc1Cl. The van der Waals surface area contributed by atoms with Gasteiger partial charge in [0.05, 0.1) is 17.5 Å². The van der Waals surface area contributed by atoms with E-state index in [1.807, 2.05) is 20.8 Å². The molecule has 1 rings (SSSR count). The second-order valence-corrected chi connectivity index (χ2v) is 4.22. The molecule has 0 saturated carbocycles. The molecule has 0 spiro atoms. The zero-order valence-electron chi connectivity index (χ0n) is 9.92. The van der Waals surface area contributed by atoms with Gasteiger partial charge < -0.3 is 10.4 Å². The van der Waals surface area contributed by atoms with Crippen LogP contribution in [-0.2, 0) is 0 Å². The number of nitrogens with zero attached hydrogens (tertiary/aromatic N) is 2. The molecular formula is C11H18ClN3O. The van der Waals surface area contributed by atoms with Crippen molar-refractivity contribution in [3.63, 3.8) is 0 Å². The van der Waals surface area contributed by atoms with Crippen LogP contribution in [0.1, 0.15) is 31.2 Å². The Balaban J connectivity index is 2.63. The molecule has 1 unspecified atom stereocenters. The van der Waals surface area contributed by atoms with E-state index in [4.69, 9.17) is 11.6 Å². The lowest BCUT2D eigenvalue weighted by Gasteiger charge is -2.12. The van der Waals surface area contributed by atoms with E-state index >= 15 is 0 Å². The Kier molecular flexibility index (Phi) is 4.96. The van der Waals surface area contributed by atoms with Crippen molar-refractivity contribution in [1.29, 1.82) is 0 Å². The van der Waals surface area contributed by atoms with E-state index in [1.165, 1.54) is 0 Å². The summed E-state index contributed by atoms with van der Waals surface area (Å²) in [5.74, 6) is 0.542. The molecule has 0 aromatic carbocycles. The van der Waals surface area contributed by atoms with Gasteiger partial charge in [-0.05, 0) is 20.3 Å². The smallest absolute Gasteiger partial charge is 0.171 e. The van der Waals surface area contributed by atoms with E-state index in [2.05, 4.69) is 15.3 Å². The van der Waals surface area contributed by atoms with Gasteiger partial charge in [-0.3, -0.25) is 0 Å². The number of nitrogens with one attached hydrogen (secondary N) is 1. The summed E-state index contributed by atoms with van der Waals surface area (Å²) in [7, 11) is 0. The molecule has 90 valence electrons. The molecular weight excluding hydrogens is 226 g/mol. The summed E-state index contributed by atoms with van der Waals surface area (Å²) in [4.78, 5) is 8.44. The second-order valence-electron chi connectivity index (χ2n) is 3.86. The standard InChI is InChI=1S/C11H18ClN3O/c1-4-5-9(16)6-13-11-10(12)14-7(2)8(3)15-11/h9,16H,4-6H2,1-3H3,(H,13,15). The Morgan fingerprint density at radius 2 is 1.94 bits per heavy atom. The summed E-state index contributed by atoms with van der Waals surface area (Å²) in [6.45, 7) is 6.23. The fourth-order valence-corrected chi connectivity index (χ4v) is 1.57. The molecule has 0 amide bonds. The van der Waals surface area contributed by atoms with Crippen LogP contribution >= 0.6 is 11.6 Å². The highest BCUT2D eigenvalue weighted by Gasteiger charge is 2.08. The molecule has 0 aliphatic carbocycles. The quantitative estimate of drug-likeness (QED) is 0.833. The van der Waals surface area contributed by atoms with E-state index in [-0.39, 0.29) is 6.10 Å². The lowest BCUT2D eigenvalue weighted by Crippen LogP contribution is -2.20. The van der Waals surface area contributed by atoms with Crippen molar-refractivity contribution in [3.8, 4) is 0 Å². The summed E-state index contributed by atoms with van der Waals surface area (Å²) < 4.78 is 0. The number of aryl methyl sites for hydroxylation is 2. The molecule has 0 aliphatic rings. The average molecular weight is 244 g/mol. The lowest BCUT2D eigenvalue weighted by molar-refractivity contribution is 0.176. The van der Waals surface area contributed by atoms with Crippen molar-refractivity contribution >= 4 is 17.4 Å². The van der Waals surface area contributed by atoms with Gasteiger partial charge in [-0.1, -0.05) is 24.9 Å². The van der Waals surface area contributed by atoms with Gasteiger partial charge in [0, 0.05) is 6.54 Å². The van der Waals surface area contributed by atoms with Gasteiger partial charge in [-0.15, -0.1) is 0 Å². The molecule has 16 heavy (non-hydrogen) atoms. The minimum atomic E-state index is -0.371. The molecule has 0 radical (unpaired) electrons. The van der Waals surface area contributed by atoms with E-state index in [0.29, 0.717) is 17.5 Å². The Bertz CT molecular complexity index is 357. The van der Waals surface area contributed by atoms with Crippen molar-refractivity contribution in [2.24, 2.45) is 0 Å². The molecule has 1 aromatic rings. The van der Waals surface area contributed by atoms with Crippen LogP contribution < -0.4 is 5.32 Å². The van der Waals surface area contributed by atoms with Crippen LogP contribution in [0.25, 0.3) is 0 Å². The third kappa shape index (κ3) is 3.61. The summed E-state index contributed by atoms with van der Waals surface area (Å²) in [6.07, 6.45) is 1.35. The third-order valence-electron chi connectivity index (χ3n) is 2.39. The number of rotatable bonds is 5. The molecule has 0 saturated heterocycles. The normalized spacial score (nSPS) is 12.6. The number of aliphatic hydroxyl groups is 1. The number of anilines is 1. The minimum absolute atomic E-state index is 0.354. The molecule has 0 fully saturated rings. The Morgan fingerprint density at radius 1 is 1.31 bits per heavy atom. The van der Waals surface area contributed by atoms with Crippen LogP contribution in [0.15, 0.2) is 0 Å². The van der Waals surface area contributed by atoms with Gasteiger partial charge in [0.2, 0.25) is 0 Å². The molecule has 1 atom stereocenters. The predicted molar refractivity (Wildman–Crippen MR) is 65.9 cm³/mol. The van der Waals surface area contributed by atoms with E-state index < -0.39 is 0 Å². The highest BCUT2D eigenvalue weighted by atomic mass is 35.5. The second kappa shape index (κ2) is 6.01. The third-order valence-corrected chi connectivity index (χ3v) is 2.65. The molecule has 0 aliphatic heterocycles. The number of halogens is 1. The van der Waals surface area contributed by atoms with Gasteiger partial charge in [-0.2, -0.15) is 0 Å². The van der Waals surface area contributed by atoms with Crippen LogP contribution in [0, 0.1) is 13.8 Å². The first-order chi connectivity index (χ1) is 7.54. The van der Waals surface area contributed by atoms with Crippen molar-refractivity contribution in [2.75, 3.05) is 11.9 Å². The monoisotopic (exact) mass is 243 g/mol. The first-order valence-corrected chi connectivity index (χ1v) is 5.85. The lowest BCUT2D eigenvalue weighted by atomic mass is 10.2. The first-order valence-electron chi connectivity index (χ1n) is 5.47. The van der Waals surface area contributed by atoms with E-state index in [1.54, 1.807) is 0 Å². The number of aromatic nitrogens is 2. The summed E-state index contributed by atoms with van der Waals surface area (Å²) in [5, 5.41) is 12.9. The zero-order chi connectivity index (χ0) is 12.1. The van der Waals surface area contributed by atoms with Gasteiger partial charge in [0.15, 0.2) is 11.0 Å². The highest BCUT2D eigenvalue weighted by molar-refractivity contribution is 6.31. The summed E-state index contributed by atoms with van der Waals surface area (Å²) in [5.41, 5.74) is 1.67. The van der Waals surface area contributed by atoms with Gasteiger partial charge in [-0.25, -0.2) is 9.97 Å². The molecule has 1 heterocycles. The van der Waals surface area contributed by atoms with Crippen LogP contribution in [0.2, 0.25) is 5.15 Å². The largest absolute Gasteiger partial charge is 0.391 e. The number of hydrogen-bond acceptors (Lipinski definition) is 4. The number of hydrogen-bond donors (Lipinski definition) is 2. The highest BCUT2D eigenvalue weighted by Crippen LogP contribution is 2.18. The molecule has 1 aromatic heterocycles. The minimum Gasteiger partial charge on any atom is -0.391 e. The van der Waals surface area contributed by atoms with Crippen molar-refractivity contribution in [2.45, 2.75) is 39.7 Å². The van der Waals surface area contributed by atoms with Crippen LogP contribution in [0.5, 0.6) is 0 Å². The fraction of sp³-hybridized carbons (Fsp3) is 0.636. The Hall–Kier alpha value is -0.870. The maximum Gasteiger partial charge on any atom is 0.171 e. The molecule has 0 bridgehead atoms. The van der Waals surface area contributed by atoms with Crippen molar-refractivity contribution < 1.29 is 5.11 Å². The summed E-state index contributed by atoms with van der Waals surface area (Å²) >= 11 is 5.94.